The number of benzene rings is 2. The van der Waals surface area contributed by atoms with Gasteiger partial charge >= 0.3 is 57.4 Å². The molecule has 0 saturated heterocycles. The van der Waals surface area contributed by atoms with Crippen molar-refractivity contribution in [2.24, 2.45) is 0 Å². The van der Waals surface area contributed by atoms with Crippen LogP contribution in [-0.4, -0.2) is 30.4 Å². The van der Waals surface area contributed by atoms with Gasteiger partial charge in [0.2, 0.25) is 0 Å². The van der Waals surface area contributed by atoms with Crippen molar-refractivity contribution in [1.82, 2.24) is 0 Å². The molecule has 0 aliphatic heterocycles. The van der Waals surface area contributed by atoms with Crippen LogP contribution in [0.4, 0.5) is 8.78 Å². The smallest absolute Gasteiger partial charge is 0.643 e. The van der Waals surface area contributed by atoms with Gasteiger partial charge in [-0.15, -0.1) is 11.6 Å². The van der Waals surface area contributed by atoms with Gasteiger partial charge in [-0.3, -0.25) is 0 Å². The molecule has 2 aromatic carbocycles. The molecule has 8 heteroatoms. The summed E-state index contributed by atoms with van der Waals surface area (Å²) in [6.45, 7) is 5.89. The van der Waals surface area contributed by atoms with Gasteiger partial charge in [0.05, 0.1) is 23.6 Å². The molecule has 0 N–H and O–H groups in total. The standard InChI is InChI=1S/C21H22ClF2NO3.K/c1-21(2,3)14-9-7-13(8-10-14)20(27)28-12-15(11-22)25-19(26)18-16(23)5-4-6-17(18)24;/h4-10,15H,11-12H2,1-3H3,(H,25,26);/q;+1/p-1. The van der Waals surface area contributed by atoms with E-state index >= 15 is 0 Å². The van der Waals surface area contributed by atoms with E-state index in [1.165, 1.54) is 0 Å². The van der Waals surface area contributed by atoms with E-state index in [0.29, 0.717) is 5.56 Å². The van der Waals surface area contributed by atoms with Gasteiger partial charge in [-0.05, 0) is 35.2 Å². The summed E-state index contributed by atoms with van der Waals surface area (Å²) in [6, 6.07) is 9.12. The molecular weight excluding hydrogens is 427 g/mol. The second kappa shape index (κ2) is 11.5. The summed E-state index contributed by atoms with van der Waals surface area (Å²) in [4.78, 5) is 24.2. The van der Waals surface area contributed by atoms with Crippen molar-refractivity contribution in [3.8, 4) is 0 Å². The van der Waals surface area contributed by atoms with Crippen LogP contribution in [0.25, 0.3) is 5.32 Å². The summed E-state index contributed by atoms with van der Waals surface area (Å²) < 4.78 is 32.5. The number of hydrogen-bond donors (Lipinski definition) is 0. The molecule has 29 heavy (non-hydrogen) atoms. The second-order valence-corrected chi connectivity index (χ2v) is 7.57. The molecule has 150 valence electrons. The van der Waals surface area contributed by atoms with Crippen molar-refractivity contribution in [2.45, 2.75) is 32.2 Å². The Labute approximate surface area is 216 Å². The number of carbonyl (C=O) groups is 2. The molecule has 2 rings (SSSR count). The van der Waals surface area contributed by atoms with Crippen LogP contribution in [0.5, 0.6) is 0 Å². The molecule has 0 saturated carbocycles. The first-order chi connectivity index (χ1) is 13.1. The summed E-state index contributed by atoms with van der Waals surface area (Å²) in [5.74, 6) is -3.88. The zero-order chi connectivity index (χ0) is 20.9. The summed E-state index contributed by atoms with van der Waals surface area (Å²) in [5.41, 5.74) is 0.595. The zero-order valence-electron chi connectivity index (χ0n) is 16.8. The minimum Gasteiger partial charge on any atom is -0.643 e. The van der Waals surface area contributed by atoms with Gasteiger partial charge in [0.15, 0.2) is 0 Å². The van der Waals surface area contributed by atoms with Gasteiger partial charge < -0.3 is 14.8 Å². The van der Waals surface area contributed by atoms with E-state index in [1.54, 1.807) is 12.1 Å². The number of carbonyl (C=O) groups excluding carboxylic acids is 2. The number of amides is 1. The fraction of sp³-hybridized carbons (Fsp3) is 0.333. The molecule has 2 aromatic rings. The topological polar surface area (TPSA) is 57.5 Å². The molecule has 0 fully saturated rings. The Morgan fingerprint density at radius 2 is 1.62 bits per heavy atom. The third-order valence-electron chi connectivity index (χ3n) is 4.05. The maximum atomic E-state index is 13.7. The Kier molecular flexibility index (Phi) is 10.4. The number of esters is 1. The molecule has 1 atom stereocenters. The molecule has 0 heterocycles. The monoisotopic (exact) mass is 447 g/mol. The van der Waals surface area contributed by atoms with Crippen LogP contribution >= 0.6 is 11.6 Å². The Balaban J connectivity index is 0.00000420. The summed E-state index contributed by atoms with van der Waals surface area (Å²) >= 11 is 5.75. The summed E-state index contributed by atoms with van der Waals surface area (Å²) in [6.07, 6.45) is 0. The molecule has 4 nitrogen and oxygen atoms in total. The number of hydrogen-bond acceptors (Lipinski definition) is 3. The average Bonchev–Trinajstić information content (AvgIpc) is 2.64. The Bertz CT molecular complexity index is 834. The Morgan fingerprint density at radius 1 is 1.07 bits per heavy atom. The van der Waals surface area contributed by atoms with Crippen LogP contribution < -0.4 is 51.4 Å². The van der Waals surface area contributed by atoms with Crippen molar-refractivity contribution < 1.29 is 74.5 Å². The minimum absolute atomic E-state index is 0. The summed E-state index contributed by atoms with van der Waals surface area (Å²) in [5, 5.41) is 3.67. The van der Waals surface area contributed by atoms with Gasteiger partial charge in [-0.2, -0.15) is 0 Å². The van der Waals surface area contributed by atoms with Crippen molar-refractivity contribution in [1.29, 1.82) is 0 Å². The van der Waals surface area contributed by atoms with Crippen molar-refractivity contribution in [2.75, 3.05) is 12.5 Å². The third kappa shape index (κ3) is 7.42. The van der Waals surface area contributed by atoms with Crippen molar-refractivity contribution >= 4 is 23.5 Å². The Hall–Kier alpha value is -0.834. The number of nitrogens with zero attached hydrogens (tertiary/aromatic N) is 1. The average molecular weight is 448 g/mol. The quantitative estimate of drug-likeness (QED) is 0.387. The van der Waals surface area contributed by atoms with E-state index in [-0.39, 0.29) is 69.3 Å². The van der Waals surface area contributed by atoms with Crippen LogP contribution in [-0.2, 0) is 10.2 Å². The normalized spacial score (nSPS) is 11.9. The maximum absolute atomic E-state index is 13.7. The van der Waals surface area contributed by atoms with Crippen LogP contribution in [0.15, 0.2) is 42.5 Å². The summed E-state index contributed by atoms with van der Waals surface area (Å²) in [7, 11) is 0. The van der Waals surface area contributed by atoms with Gasteiger partial charge in [-0.25, -0.2) is 13.6 Å². The zero-order valence-corrected chi connectivity index (χ0v) is 20.7. The number of alkyl halides is 1. The fourth-order valence-corrected chi connectivity index (χ4v) is 2.57. The van der Waals surface area contributed by atoms with Crippen molar-refractivity contribution in [3.63, 3.8) is 0 Å². The van der Waals surface area contributed by atoms with Gasteiger partial charge in [0.1, 0.15) is 11.6 Å². The molecule has 1 unspecified atom stereocenters. The van der Waals surface area contributed by atoms with Crippen LogP contribution in [0, 0.1) is 11.6 Å². The SMILES string of the molecule is CC(C)(C)c1ccc(C(=O)OCC(CCl)[N-]C(=O)c2c(F)cccc2F)cc1.[K+]. The fourth-order valence-electron chi connectivity index (χ4n) is 2.41. The largest absolute Gasteiger partial charge is 1.00 e. The first kappa shape index (κ1) is 26.2. The third-order valence-corrected chi connectivity index (χ3v) is 4.40. The Morgan fingerprint density at radius 3 is 2.10 bits per heavy atom. The second-order valence-electron chi connectivity index (χ2n) is 7.26. The molecule has 1 amide bonds. The first-order valence-electron chi connectivity index (χ1n) is 8.66. The van der Waals surface area contributed by atoms with E-state index < -0.39 is 35.1 Å². The van der Waals surface area contributed by atoms with Crippen LogP contribution in [0.3, 0.4) is 0 Å². The van der Waals surface area contributed by atoms with E-state index in [2.05, 4.69) is 26.1 Å². The molecule has 0 aliphatic carbocycles. The number of rotatable bonds is 6. The van der Waals surface area contributed by atoms with E-state index in [0.717, 1.165) is 23.8 Å². The van der Waals surface area contributed by atoms with Gasteiger partial charge in [0.25, 0.3) is 0 Å². The maximum Gasteiger partial charge on any atom is 1.00 e. The van der Waals surface area contributed by atoms with Gasteiger partial charge in [0, 0.05) is 5.88 Å². The van der Waals surface area contributed by atoms with E-state index in [9.17, 15) is 18.4 Å². The molecular formula is C21H21ClF2KNO3. The van der Waals surface area contributed by atoms with Crippen LogP contribution in [0.1, 0.15) is 47.1 Å². The molecule has 0 aromatic heterocycles. The number of ether oxygens (including phenoxy) is 1. The van der Waals surface area contributed by atoms with Crippen LogP contribution in [0.2, 0.25) is 0 Å². The first-order valence-corrected chi connectivity index (χ1v) is 9.19. The molecule has 0 radical (unpaired) electrons. The predicted molar refractivity (Wildman–Crippen MR) is 104 cm³/mol. The molecule has 0 aliphatic rings. The van der Waals surface area contributed by atoms with Crippen molar-refractivity contribution in [3.05, 3.63) is 76.1 Å². The van der Waals surface area contributed by atoms with E-state index in [4.69, 9.17) is 16.3 Å². The predicted octanol–water partition coefficient (Wildman–Crippen LogP) is 2.24. The van der Waals surface area contributed by atoms with Gasteiger partial charge in [-0.1, -0.05) is 45.0 Å². The minimum atomic E-state index is -1.09. The molecule has 0 bridgehead atoms. The van der Waals surface area contributed by atoms with E-state index in [1.807, 2.05) is 12.1 Å². The number of halogens is 3. The molecule has 0 spiro atoms.